The number of esters is 1. The molecule has 354 valence electrons. The number of hydrogen-bond acceptors (Lipinski definition) is 7. The average molecular weight is 876 g/mol. The van der Waals surface area contributed by atoms with E-state index in [0.29, 0.717) is 13.0 Å². The van der Waals surface area contributed by atoms with Crippen LogP contribution in [-0.2, 0) is 27.9 Å². The highest BCUT2D eigenvalue weighted by Crippen LogP contribution is 2.43. The van der Waals surface area contributed by atoms with E-state index >= 15 is 0 Å². The normalized spacial score (nSPS) is 14.0. The highest BCUT2D eigenvalue weighted by molar-refractivity contribution is 7.47. The Morgan fingerprint density at radius 2 is 0.918 bits per heavy atom. The third-order valence-corrected chi connectivity index (χ3v) is 11.4. The molecule has 0 aliphatic carbocycles. The van der Waals surface area contributed by atoms with Crippen LogP contribution in [-0.4, -0.2) is 49.9 Å². The number of rotatable bonds is 47. The molecule has 0 fully saturated rings. The van der Waals surface area contributed by atoms with Crippen molar-refractivity contribution in [2.75, 3.05) is 33.0 Å². The smallest absolute Gasteiger partial charge is 0.457 e. The summed E-state index contributed by atoms with van der Waals surface area (Å²) in [5, 5.41) is 0. The molecule has 0 bridgehead atoms. The van der Waals surface area contributed by atoms with Gasteiger partial charge in [-0.15, -0.1) is 0 Å². The van der Waals surface area contributed by atoms with Crippen molar-refractivity contribution in [2.24, 2.45) is 5.73 Å². The molecule has 0 radical (unpaired) electrons. The van der Waals surface area contributed by atoms with Gasteiger partial charge >= 0.3 is 13.8 Å². The minimum Gasteiger partial charge on any atom is -0.457 e. The number of nitrogens with two attached hydrogens (primary N) is 1. The summed E-state index contributed by atoms with van der Waals surface area (Å²) in [7, 11) is -4.29. The molecular formula is C52H94NO7P. The molecule has 9 heteroatoms. The maximum absolute atomic E-state index is 12.6. The molecule has 2 atom stereocenters. The van der Waals surface area contributed by atoms with Crippen LogP contribution in [0.4, 0.5) is 0 Å². The summed E-state index contributed by atoms with van der Waals surface area (Å²) >= 11 is 0. The molecule has 3 N–H and O–H groups in total. The molecule has 0 saturated heterocycles. The Morgan fingerprint density at radius 1 is 0.508 bits per heavy atom. The van der Waals surface area contributed by atoms with Gasteiger partial charge in [-0.1, -0.05) is 215 Å². The van der Waals surface area contributed by atoms with Gasteiger partial charge in [-0.3, -0.25) is 13.8 Å². The number of phosphoric ester groups is 1. The van der Waals surface area contributed by atoms with Crippen LogP contribution in [0.3, 0.4) is 0 Å². The van der Waals surface area contributed by atoms with Gasteiger partial charge in [-0.25, -0.2) is 4.57 Å². The first-order valence-electron chi connectivity index (χ1n) is 24.9. The molecule has 0 aliphatic rings. The van der Waals surface area contributed by atoms with E-state index < -0.39 is 13.9 Å². The van der Waals surface area contributed by atoms with Gasteiger partial charge in [0.1, 0.15) is 6.10 Å². The second kappa shape index (κ2) is 49.0. The van der Waals surface area contributed by atoms with Crippen molar-refractivity contribution in [3.63, 3.8) is 0 Å². The number of unbranched alkanes of at least 4 members (excludes halogenated alkanes) is 22. The molecule has 0 aromatic carbocycles. The Hall–Kier alpha value is -2.06. The molecule has 0 aromatic heterocycles. The number of carbonyl (C=O) groups is 1. The lowest BCUT2D eigenvalue weighted by molar-refractivity contribution is -0.154. The highest BCUT2D eigenvalue weighted by atomic mass is 31.2. The standard InChI is InChI=1S/C52H94NO7P/c1-3-5-7-9-11-13-15-17-19-21-22-23-24-25-26-27-28-29-31-33-35-37-39-41-43-45-52(54)60-51(50-59-61(55,56)58-48-46-53)49-57-47-44-42-40-38-36-34-32-30-20-18-16-14-12-10-8-6-4-2/h5,7,11,13,17,19,22-23,25-26,28-29,51H,3-4,6,8-10,12,14-16,18,20-21,24,27,30-50,53H2,1-2H3,(H,55,56)/b7-5-,13-11-,19-17-,23-22-,26-25-,29-28-. The van der Waals surface area contributed by atoms with Crippen LogP contribution in [0.15, 0.2) is 72.9 Å². The van der Waals surface area contributed by atoms with Crippen molar-refractivity contribution >= 4 is 13.8 Å². The summed E-state index contributed by atoms with van der Waals surface area (Å²) in [6.45, 7) is 4.81. The zero-order chi connectivity index (χ0) is 44.4. The SMILES string of the molecule is CC/C=C\C/C=C\C/C=C\C/C=C\C/C=C\C/C=C\CCCCCCCCC(=O)OC(COCCCCCCCCCCCCCCCCCCC)COP(=O)(O)OCCN. The third kappa shape index (κ3) is 48.8. The van der Waals surface area contributed by atoms with Crippen LogP contribution in [0, 0.1) is 0 Å². The Bertz CT molecular complexity index is 1160. The summed E-state index contributed by atoms with van der Waals surface area (Å²) in [6.07, 6.45) is 62.1. The van der Waals surface area contributed by atoms with Gasteiger partial charge in [0.2, 0.25) is 0 Å². The van der Waals surface area contributed by atoms with E-state index in [1.54, 1.807) is 0 Å². The van der Waals surface area contributed by atoms with Gasteiger partial charge in [-0.2, -0.15) is 0 Å². The lowest BCUT2D eigenvalue weighted by atomic mass is 10.0. The molecule has 0 heterocycles. The van der Waals surface area contributed by atoms with Crippen molar-refractivity contribution in [2.45, 2.75) is 219 Å². The summed E-state index contributed by atoms with van der Waals surface area (Å²) in [6, 6.07) is 0. The van der Waals surface area contributed by atoms with Gasteiger partial charge < -0.3 is 20.1 Å². The Morgan fingerprint density at radius 3 is 1.38 bits per heavy atom. The fourth-order valence-electron chi connectivity index (χ4n) is 6.77. The van der Waals surface area contributed by atoms with E-state index in [-0.39, 0.29) is 32.3 Å². The first kappa shape index (κ1) is 58.9. The predicted octanol–water partition coefficient (Wildman–Crippen LogP) is 15.5. The quantitative estimate of drug-likeness (QED) is 0.0269. The van der Waals surface area contributed by atoms with Crippen molar-refractivity contribution < 1.29 is 32.8 Å². The molecule has 2 unspecified atom stereocenters. The lowest BCUT2D eigenvalue weighted by Crippen LogP contribution is -2.28. The maximum atomic E-state index is 12.6. The van der Waals surface area contributed by atoms with Crippen molar-refractivity contribution in [1.82, 2.24) is 0 Å². The summed E-state index contributed by atoms with van der Waals surface area (Å²) in [4.78, 5) is 22.6. The van der Waals surface area contributed by atoms with Gasteiger partial charge in [0.05, 0.1) is 19.8 Å². The zero-order valence-electron chi connectivity index (χ0n) is 39.4. The fourth-order valence-corrected chi connectivity index (χ4v) is 7.53. The topological polar surface area (TPSA) is 117 Å². The molecule has 0 spiro atoms. The second-order valence-electron chi connectivity index (χ2n) is 16.3. The van der Waals surface area contributed by atoms with Crippen LogP contribution in [0.1, 0.15) is 213 Å². The largest absolute Gasteiger partial charge is 0.472 e. The van der Waals surface area contributed by atoms with E-state index in [2.05, 4.69) is 86.8 Å². The van der Waals surface area contributed by atoms with Crippen LogP contribution >= 0.6 is 7.82 Å². The number of phosphoric acid groups is 1. The highest BCUT2D eigenvalue weighted by Gasteiger charge is 2.25. The average Bonchev–Trinajstić information content (AvgIpc) is 3.25. The van der Waals surface area contributed by atoms with Crippen LogP contribution in [0.2, 0.25) is 0 Å². The molecule has 8 nitrogen and oxygen atoms in total. The number of allylic oxidation sites excluding steroid dienone is 12. The summed E-state index contributed by atoms with van der Waals surface area (Å²) < 4.78 is 33.6. The first-order chi connectivity index (χ1) is 29.9. The third-order valence-electron chi connectivity index (χ3n) is 10.4. The molecular weight excluding hydrogens is 782 g/mol. The molecule has 0 saturated carbocycles. The van der Waals surface area contributed by atoms with Crippen LogP contribution in [0.25, 0.3) is 0 Å². The zero-order valence-corrected chi connectivity index (χ0v) is 40.3. The summed E-state index contributed by atoms with van der Waals surface area (Å²) in [5.41, 5.74) is 5.38. The fraction of sp³-hybridized carbons (Fsp3) is 0.750. The first-order valence-corrected chi connectivity index (χ1v) is 26.4. The molecule has 0 aliphatic heterocycles. The molecule has 61 heavy (non-hydrogen) atoms. The molecule has 0 amide bonds. The van der Waals surface area contributed by atoms with Crippen molar-refractivity contribution in [3.8, 4) is 0 Å². The number of carbonyl (C=O) groups excluding carboxylic acids is 1. The van der Waals surface area contributed by atoms with Crippen LogP contribution < -0.4 is 5.73 Å². The van der Waals surface area contributed by atoms with Gasteiger partial charge in [0.25, 0.3) is 0 Å². The van der Waals surface area contributed by atoms with E-state index in [4.69, 9.17) is 24.3 Å². The lowest BCUT2D eigenvalue weighted by Gasteiger charge is -2.20. The van der Waals surface area contributed by atoms with Gasteiger partial charge in [-0.05, 0) is 64.2 Å². The maximum Gasteiger partial charge on any atom is 0.472 e. The monoisotopic (exact) mass is 876 g/mol. The van der Waals surface area contributed by atoms with Gasteiger partial charge in [0.15, 0.2) is 0 Å². The van der Waals surface area contributed by atoms with E-state index in [9.17, 15) is 14.3 Å². The summed E-state index contributed by atoms with van der Waals surface area (Å²) in [5.74, 6) is -0.344. The minimum absolute atomic E-state index is 0.0955. The van der Waals surface area contributed by atoms with E-state index in [0.717, 1.165) is 83.5 Å². The van der Waals surface area contributed by atoms with E-state index in [1.807, 2.05) is 0 Å². The predicted molar refractivity (Wildman–Crippen MR) is 261 cm³/mol. The molecule has 0 aromatic rings. The second-order valence-corrected chi connectivity index (χ2v) is 17.8. The van der Waals surface area contributed by atoms with Gasteiger partial charge in [0, 0.05) is 19.6 Å². The number of hydrogen-bond donors (Lipinski definition) is 2. The Kier molecular flexibility index (Phi) is 47.3. The van der Waals surface area contributed by atoms with Crippen LogP contribution in [0.5, 0.6) is 0 Å². The Balaban J connectivity index is 4.01. The number of ether oxygens (including phenoxy) is 2. The minimum atomic E-state index is -4.29. The van der Waals surface area contributed by atoms with E-state index in [1.165, 1.54) is 109 Å². The van der Waals surface area contributed by atoms with Crippen molar-refractivity contribution in [1.29, 1.82) is 0 Å². The van der Waals surface area contributed by atoms with Crippen molar-refractivity contribution in [3.05, 3.63) is 72.9 Å². The molecule has 0 rings (SSSR count). The Labute approximate surface area is 376 Å².